The summed E-state index contributed by atoms with van der Waals surface area (Å²) in [5.41, 5.74) is 0. The summed E-state index contributed by atoms with van der Waals surface area (Å²) in [5.74, 6) is 0.589. The number of unbranched alkanes of at least 4 members (excludes halogenated alkanes) is 1. The molecule has 0 aromatic carbocycles. The molecular weight excluding hydrogens is 120 g/mol. The summed E-state index contributed by atoms with van der Waals surface area (Å²) >= 11 is 0. The maximum Gasteiger partial charge on any atom is -0.00588 e. The van der Waals surface area contributed by atoms with Gasteiger partial charge in [-0.15, -0.1) is 6.58 Å². The van der Waals surface area contributed by atoms with Gasteiger partial charge in [0.15, 0.2) is 0 Å². The zero-order valence-electron chi connectivity index (χ0n) is 7.14. The molecule has 0 saturated carbocycles. The smallest absolute Gasteiger partial charge is 0.00588 e. The van der Waals surface area contributed by atoms with Crippen LogP contribution in [0, 0.1) is 5.92 Å². The van der Waals surface area contributed by atoms with Crippen LogP contribution in [0.25, 0.3) is 0 Å². The molecule has 0 heteroatoms. The Labute approximate surface area is 64.6 Å². The summed E-state index contributed by atoms with van der Waals surface area (Å²) in [5, 5.41) is 0. The van der Waals surface area contributed by atoms with Crippen molar-refractivity contribution in [2.45, 2.75) is 33.1 Å². The highest BCUT2D eigenvalue weighted by Gasteiger charge is 1.91. The molecule has 0 aliphatic rings. The number of hydrogen-bond acceptors (Lipinski definition) is 0. The van der Waals surface area contributed by atoms with E-state index in [2.05, 4.69) is 32.6 Å². The molecule has 1 atom stereocenters. The predicted octanol–water partition coefficient (Wildman–Crippen LogP) is 3.55. The Hall–Kier alpha value is -0.520. The largest absolute Gasteiger partial charge is 0.102 e. The van der Waals surface area contributed by atoms with Gasteiger partial charge in [-0.1, -0.05) is 38.5 Å². The number of allylic oxidation sites excluding steroid dienone is 3. The Bertz CT molecular complexity index is 101. The highest BCUT2D eigenvalue weighted by Crippen LogP contribution is 2.05. The van der Waals surface area contributed by atoms with E-state index in [1.54, 1.807) is 0 Å². The lowest BCUT2D eigenvalue weighted by atomic mass is 10.1. The van der Waals surface area contributed by atoms with E-state index in [1.165, 1.54) is 19.3 Å². The molecule has 0 aromatic rings. The van der Waals surface area contributed by atoms with E-state index in [9.17, 15) is 0 Å². The molecule has 0 aromatic heterocycles. The van der Waals surface area contributed by atoms with E-state index in [0.717, 1.165) is 0 Å². The fourth-order valence-electron chi connectivity index (χ4n) is 0.819. The molecule has 58 valence electrons. The van der Waals surface area contributed by atoms with E-state index in [4.69, 9.17) is 0 Å². The highest BCUT2D eigenvalue weighted by molar-refractivity contribution is 4.96. The van der Waals surface area contributed by atoms with Gasteiger partial charge in [0.25, 0.3) is 0 Å². The molecule has 10 heavy (non-hydrogen) atoms. The SMILES string of the molecule is C=CC(/C=C/CCC)CC. The molecule has 0 heterocycles. The Kier molecular flexibility index (Phi) is 6.25. The summed E-state index contributed by atoms with van der Waals surface area (Å²) in [7, 11) is 0. The van der Waals surface area contributed by atoms with E-state index >= 15 is 0 Å². The normalized spacial score (nSPS) is 13.8. The van der Waals surface area contributed by atoms with Crippen molar-refractivity contribution < 1.29 is 0 Å². The summed E-state index contributed by atoms with van der Waals surface area (Å²) in [6, 6.07) is 0. The Morgan fingerprint density at radius 2 is 2.10 bits per heavy atom. The minimum Gasteiger partial charge on any atom is -0.102 e. The summed E-state index contributed by atoms with van der Waals surface area (Å²) < 4.78 is 0. The summed E-state index contributed by atoms with van der Waals surface area (Å²) in [4.78, 5) is 0. The first-order valence-corrected chi connectivity index (χ1v) is 4.14. The van der Waals surface area contributed by atoms with Crippen molar-refractivity contribution in [3.63, 3.8) is 0 Å². The van der Waals surface area contributed by atoms with Gasteiger partial charge in [-0.25, -0.2) is 0 Å². The first kappa shape index (κ1) is 9.48. The molecule has 0 rings (SSSR count). The van der Waals surface area contributed by atoms with Gasteiger partial charge >= 0.3 is 0 Å². The van der Waals surface area contributed by atoms with E-state index in [-0.39, 0.29) is 0 Å². The topological polar surface area (TPSA) is 0 Å². The van der Waals surface area contributed by atoms with Crippen molar-refractivity contribution in [1.82, 2.24) is 0 Å². The molecule has 0 radical (unpaired) electrons. The lowest BCUT2D eigenvalue weighted by Crippen LogP contribution is -1.85. The lowest BCUT2D eigenvalue weighted by molar-refractivity contribution is 0.769. The quantitative estimate of drug-likeness (QED) is 0.510. The minimum absolute atomic E-state index is 0.589. The summed E-state index contributed by atoms with van der Waals surface area (Å²) in [6.45, 7) is 8.14. The highest BCUT2D eigenvalue weighted by atomic mass is 14.0. The van der Waals surface area contributed by atoms with Gasteiger partial charge in [0, 0.05) is 0 Å². The maximum atomic E-state index is 3.76. The van der Waals surface area contributed by atoms with Crippen molar-refractivity contribution in [1.29, 1.82) is 0 Å². The molecular formula is C10H18. The first-order chi connectivity index (χ1) is 4.85. The van der Waals surface area contributed by atoms with Crippen molar-refractivity contribution >= 4 is 0 Å². The van der Waals surface area contributed by atoms with Gasteiger partial charge in [-0.2, -0.15) is 0 Å². The second-order valence-electron chi connectivity index (χ2n) is 2.52. The fraction of sp³-hybridized carbons (Fsp3) is 0.600. The molecule has 0 saturated heterocycles. The van der Waals surface area contributed by atoms with Gasteiger partial charge in [0.2, 0.25) is 0 Å². The Morgan fingerprint density at radius 1 is 1.40 bits per heavy atom. The third-order valence-corrected chi connectivity index (χ3v) is 1.61. The molecule has 0 nitrogen and oxygen atoms in total. The molecule has 0 bridgehead atoms. The van der Waals surface area contributed by atoms with Crippen LogP contribution in [0.3, 0.4) is 0 Å². The standard InChI is InChI=1S/C10H18/c1-4-7-8-9-10(5-2)6-3/h5,8-10H,2,4,6-7H2,1,3H3/b9-8+. The second kappa shape index (κ2) is 6.60. The fourth-order valence-corrected chi connectivity index (χ4v) is 0.819. The van der Waals surface area contributed by atoms with Crippen LogP contribution in [0.1, 0.15) is 33.1 Å². The number of rotatable bonds is 5. The van der Waals surface area contributed by atoms with Gasteiger partial charge in [0.05, 0.1) is 0 Å². The number of hydrogen-bond donors (Lipinski definition) is 0. The third kappa shape index (κ3) is 4.37. The average Bonchev–Trinajstić information content (AvgIpc) is 1.99. The second-order valence-corrected chi connectivity index (χ2v) is 2.52. The lowest BCUT2D eigenvalue weighted by Gasteiger charge is -1.99. The molecule has 1 unspecified atom stereocenters. The third-order valence-electron chi connectivity index (χ3n) is 1.61. The molecule has 0 spiro atoms. The van der Waals surface area contributed by atoms with Crippen molar-refractivity contribution in [3.8, 4) is 0 Å². The summed E-state index contributed by atoms with van der Waals surface area (Å²) in [6.07, 6.45) is 10.1. The first-order valence-electron chi connectivity index (χ1n) is 4.14. The monoisotopic (exact) mass is 138 g/mol. The zero-order valence-corrected chi connectivity index (χ0v) is 7.14. The van der Waals surface area contributed by atoms with E-state index in [0.29, 0.717) is 5.92 Å². The van der Waals surface area contributed by atoms with Crippen LogP contribution in [0.4, 0.5) is 0 Å². The van der Waals surface area contributed by atoms with E-state index in [1.807, 2.05) is 6.08 Å². The van der Waals surface area contributed by atoms with E-state index < -0.39 is 0 Å². The molecule has 0 N–H and O–H groups in total. The van der Waals surface area contributed by atoms with Crippen LogP contribution in [-0.4, -0.2) is 0 Å². The minimum atomic E-state index is 0.589. The molecule has 0 aliphatic carbocycles. The van der Waals surface area contributed by atoms with Crippen LogP contribution in [-0.2, 0) is 0 Å². The predicted molar refractivity (Wildman–Crippen MR) is 48.0 cm³/mol. The molecule has 0 aliphatic heterocycles. The van der Waals surface area contributed by atoms with Crippen molar-refractivity contribution in [3.05, 3.63) is 24.8 Å². The zero-order chi connectivity index (χ0) is 7.82. The van der Waals surface area contributed by atoms with Crippen LogP contribution in [0.15, 0.2) is 24.8 Å². The van der Waals surface area contributed by atoms with Crippen LogP contribution >= 0.6 is 0 Å². The van der Waals surface area contributed by atoms with Crippen LogP contribution < -0.4 is 0 Å². The van der Waals surface area contributed by atoms with Crippen LogP contribution in [0.2, 0.25) is 0 Å². The van der Waals surface area contributed by atoms with Gasteiger partial charge < -0.3 is 0 Å². The molecule has 0 fully saturated rings. The maximum absolute atomic E-state index is 3.76. The van der Waals surface area contributed by atoms with Gasteiger partial charge in [0.1, 0.15) is 0 Å². The Balaban J connectivity index is 3.50. The van der Waals surface area contributed by atoms with Crippen molar-refractivity contribution in [2.24, 2.45) is 5.92 Å². The van der Waals surface area contributed by atoms with Crippen molar-refractivity contribution in [2.75, 3.05) is 0 Å². The van der Waals surface area contributed by atoms with Gasteiger partial charge in [-0.05, 0) is 18.8 Å². The average molecular weight is 138 g/mol. The van der Waals surface area contributed by atoms with Gasteiger partial charge in [-0.3, -0.25) is 0 Å². The molecule has 0 amide bonds. The Morgan fingerprint density at radius 3 is 2.50 bits per heavy atom. The van der Waals surface area contributed by atoms with Crippen LogP contribution in [0.5, 0.6) is 0 Å².